The first-order valence-electron chi connectivity index (χ1n) is 6.45. The van der Waals surface area contributed by atoms with Crippen LogP contribution in [0.5, 0.6) is 0 Å². The van der Waals surface area contributed by atoms with Crippen LogP contribution < -0.4 is 5.32 Å². The first-order chi connectivity index (χ1) is 8.40. The third-order valence-corrected chi connectivity index (χ3v) is 6.16. The molecule has 1 saturated carbocycles. The molecule has 3 rings (SSSR count). The summed E-state index contributed by atoms with van der Waals surface area (Å²) in [5.74, 6) is 0.896. The van der Waals surface area contributed by atoms with Gasteiger partial charge in [-0.1, -0.05) is 32.0 Å². The van der Waals surface area contributed by atoms with E-state index in [0.29, 0.717) is 16.2 Å². The van der Waals surface area contributed by atoms with Gasteiger partial charge in [0.15, 0.2) is 9.84 Å². The van der Waals surface area contributed by atoms with Crippen LogP contribution in [0.2, 0.25) is 0 Å². The molecule has 98 valence electrons. The van der Waals surface area contributed by atoms with Crippen LogP contribution in [-0.2, 0) is 9.84 Å². The Morgan fingerprint density at radius 2 is 2.00 bits per heavy atom. The van der Waals surface area contributed by atoms with Crippen molar-refractivity contribution in [3.63, 3.8) is 0 Å². The van der Waals surface area contributed by atoms with Crippen molar-refractivity contribution in [1.82, 2.24) is 5.32 Å². The first kappa shape index (κ1) is 12.2. The van der Waals surface area contributed by atoms with Gasteiger partial charge in [0.25, 0.3) is 0 Å². The molecule has 4 heteroatoms. The lowest BCUT2D eigenvalue weighted by Gasteiger charge is -2.13. The molecule has 0 bridgehead atoms. The predicted octanol–water partition coefficient (Wildman–Crippen LogP) is 2.15. The molecule has 0 aromatic heterocycles. The molecule has 0 amide bonds. The van der Waals surface area contributed by atoms with Crippen molar-refractivity contribution >= 4 is 9.84 Å². The highest BCUT2D eigenvalue weighted by Crippen LogP contribution is 2.51. The van der Waals surface area contributed by atoms with Crippen molar-refractivity contribution in [2.75, 3.05) is 12.3 Å². The van der Waals surface area contributed by atoms with Crippen LogP contribution in [0.3, 0.4) is 0 Å². The average Bonchev–Trinajstić information content (AvgIpc) is 2.82. The van der Waals surface area contributed by atoms with E-state index in [1.54, 1.807) is 12.1 Å². The lowest BCUT2D eigenvalue weighted by atomic mass is 10.1. The largest absolute Gasteiger partial charge is 0.309 e. The van der Waals surface area contributed by atoms with Crippen LogP contribution in [0.4, 0.5) is 0 Å². The Balaban J connectivity index is 1.76. The molecule has 0 radical (unpaired) electrons. The maximum absolute atomic E-state index is 12.0. The number of sulfone groups is 1. The minimum atomic E-state index is -3.07. The second-order valence-electron chi connectivity index (χ2n) is 6.17. The van der Waals surface area contributed by atoms with Crippen LogP contribution in [0.1, 0.15) is 31.9 Å². The standard InChI is InChI=1S/C14H19NO2S/c1-14(2)7-10(14)8-15-12-9-18(16,17)13-6-4-3-5-11(12)13/h3-6,10,12,15H,7-9H2,1-2H3. The van der Waals surface area contributed by atoms with Crippen molar-refractivity contribution in [3.05, 3.63) is 29.8 Å². The Bertz CT molecular complexity index is 577. The van der Waals surface area contributed by atoms with E-state index in [1.807, 2.05) is 12.1 Å². The van der Waals surface area contributed by atoms with Gasteiger partial charge in [0.05, 0.1) is 10.6 Å². The summed E-state index contributed by atoms with van der Waals surface area (Å²) < 4.78 is 24.0. The maximum Gasteiger partial charge on any atom is 0.180 e. The summed E-state index contributed by atoms with van der Waals surface area (Å²) in [7, 11) is -3.07. The van der Waals surface area contributed by atoms with Crippen LogP contribution in [0.15, 0.2) is 29.2 Å². The zero-order valence-corrected chi connectivity index (χ0v) is 11.6. The second-order valence-corrected chi connectivity index (χ2v) is 8.17. The van der Waals surface area contributed by atoms with E-state index in [4.69, 9.17) is 0 Å². The molecule has 0 spiro atoms. The van der Waals surface area contributed by atoms with Crippen molar-refractivity contribution < 1.29 is 8.42 Å². The van der Waals surface area contributed by atoms with E-state index >= 15 is 0 Å². The minimum absolute atomic E-state index is 0.0254. The summed E-state index contributed by atoms with van der Waals surface area (Å²) in [4.78, 5) is 0.512. The van der Waals surface area contributed by atoms with E-state index in [-0.39, 0.29) is 11.8 Å². The molecule has 0 saturated heterocycles. The molecule has 2 atom stereocenters. The molecular weight excluding hydrogens is 246 g/mol. The fourth-order valence-electron chi connectivity index (χ4n) is 2.83. The highest BCUT2D eigenvalue weighted by Gasteiger charge is 2.45. The summed E-state index contributed by atoms with van der Waals surface area (Å²) in [6, 6.07) is 7.32. The minimum Gasteiger partial charge on any atom is -0.309 e. The van der Waals surface area contributed by atoms with E-state index in [0.717, 1.165) is 12.1 Å². The van der Waals surface area contributed by atoms with Crippen molar-refractivity contribution in [1.29, 1.82) is 0 Å². The number of rotatable bonds is 3. The summed E-state index contributed by atoms with van der Waals surface area (Å²) in [5.41, 5.74) is 1.38. The van der Waals surface area contributed by atoms with Crippen molar-refractivity contribution in [3.8, 4) is 0 Å². The van der Waals surface area contributed by atoms with Crippen molar-refractivity contribution in [2.45, 2.75) is 31.2 Å². The summed E-state index contributed by atoms with van der Waals surface area (Å²) in [6.45, 7) is 5.44. The van der Waals surface area contributed by atoms with Gasteiger partial charge in [0.2, 0.25) is 0 Å². The second kappa shape index (κ2) is 3.81. The van der Waals surface area contributed by atoms with Crippen LogP contribution in [0, 0.1) is 11.3 Å². The fraction of sp³-hybridized carbons (Fsp3) is 0.571. The molecule has 1 N–H and O–H groups in total. The Morgan fingerprint density at radius 3 is 2.67 bits per heavy atom. The number of hydrogen-bond donors (Lipinski definition) is 1. The van der Waals surface area contributed by atoms with E-state index in [1.165, 1.54) is 6.42 Å². The van der Waals surface area contributed by atoms with Gasteiger partial charge in [0, 0.05) is 6.04 Å². The maximum atomic E-state index is 12.0. The SMILES string of the molecule is CC1(C)CC1CNC1CS(=O)(=O)c2ccccc21. The van der Waals surface area contributed by atoms with Gasteiger partial charge >= 0.3 is 0 Å². The smallest absolute Gasteiger partial charge is 0.180 e. The van der Waals surface area contributed by atoms with Crippen LogP contribution in [0.25, 0.3) is 0 Å². The van der Waals surface area contributed by atoms with Crippen LogP contribution in [-0.4, -0.2) is 20.7 Å². The van der Waals surface area contributed by atoms with Gasteiger partial charge in [-0.3, -0.25) is 0 Å². The van der Waals surface area contributed by atoms with Gasteiger partial charge in [0.1, 0.15) is 0 Å². The zero-order valence-electron chi connectivity index (χ0n) is 10.8. The molecule has 18 heavy (non-hydrogen) atoms. The van der Waals surface area contributed by atoms with Gasteiger partial charge in [-0.25, -0.2) is 8.42 Å². The van der Waals surface area contributed by atoms with E-state index in [2.05, 4.69) is 19.2 Å². The molecule has 2 unspecified atom stereocenters. The highest BCUT2D eigenvalue weighted by molar-refractivity contribution is 7.91. The van der Waals surface area contributed by atoms with Gasteiger partial charge in [-0.15, -0.1) is 0 Å². The van der Waals surface area contributed by atoms with Crippen molar-refractivity contribution in [2.24, 2.45) is 11.3 Å². The molecule has 1 aliphatic carbocycles. The van der Waals surface area contributed by atoms with Gasteiger partial charge in [-0.05, 0) is 35.9 Å². The summed E-state index contributed by atoms with van der Waals surface area (Å²) in [6.07, 6.45) is 1.24. The van der Waals surface area contributed by atoms with Gasteiger partial charge in [-0.2, -0.15) is 0 Å². The zero-order chi connectivity index (χ0) is 13.0. The van der Waals surface area contributed by atoms with Gasteiger partial charge < -0.3 is 5.32 Å². The highest BCUT2D eigenvalue weighted by atomic mass is 32.2. The van der Waals surface area contributed by atoms with E-state index in [9.17, 15) is 8.42 Å². The quantitative estimate of drug-likeness (QED) is 0.911. The molecule has 1 aliphatic heterocycles. The number of hydrogen-bond acceptors (Lipinski definition) is 3. The van der Waals surface area contributed by atoms with E-state index < -0.39 is 9.84 Å². The molecule has 1 heterocycles. The average molecular weight is 265 g/mol. The Morgan fingerprint density at radius 1 is 1.33 bits per heavy atom. The number of nitrogens with one attached hydrogen (secondary N) is 1. The topological polar surface area (TPSA) is 46.2 Å². The number of fused-ring (bicyclic) bond motifs is 1. The summed E-state index contributed by atoms with van der Waals surface area (Å²) >= 11 is 0. The molecule has 1 aromatic carbocycles. The molecule has 3 nitrogen and oxygen atoms in total. The van der Waals surface area contributed by atoms with Crippen LogP contribution >= 0.6 is 0 Å². The molecule has 2 aliphatic rings. The normalized spacial score (nSPS) is 31.0. The first-order valence-corrected chi connectivity index (χ1v) is 8.10. The predicted molar refractivity (Wildman–Crippen MR) is 71.1 cm³/mol. The lowest BCUT2D eigenvalue weighted by Crippen LogP contribution is -2.25. The molecule has 1 aromatic rings. The molecular formula is C14H19NO2S. The monoisotopic (exact) mass is 265 g/mol. The Kier molecular flexibility index (Phi) is 2.58. The Labute approximate surface area is 109 Å². The third-order valence-electron chi connectivity index (χ3n) is 4.34. The Hall–Kier alpha value is -0.870. The summed E-state index contributed by atoms with van der Waals surface area (Å²) in [5, 5.41) is 3.43. The third kappa shape index (κ3) is 1.97. The fourth-order valence-corrected chi connectivity index (χ4v) is 4.60. The number of benzene rings is 1. The lowest BCUT2D eigenvalue weighted by molar-refractivity contribution is 0.486. The molecule has 1 fully saturated rings.